The number of rotatable bonds is 6. The van der Waals surface area contributed by atoms with Crippen LogP contribution in [0.3, 0.4) is 0 Å². The van der Waals surface area contributed by atoms with Crippen molar-refractivity contribution in [3.8, 4) is 5.75 Å². The topological polar surface area (TPSA) is 52.6 Å². The third kappa shape index (κ3) is 4.57. The number of methoxy groups -OCH3 is 1. The first-order chi connectivity index (χ1) is 12.0. The lowest BCUT2D eigenvalue weighted by molar-refractivity contribution is -0.133. The third-order valence-corrected chi connectivity index (χ3v) is 3.93. The second kappa shape index (κ2) is 8.29. The molecular formula is C21H22O4. The van der Waals surface area contributed by atoms with Crippen molar-refractivity contribution in [3.05, 3.63) is 70.8 Å². The molecule has 0 aliphatic rings. The van der Waals surface area contributed by atoms with Crippen molar-refractivity contribution in [2.45, 2.75) is 27.4 Å². The van der Waals surface area contributed by atoms with Crippen molar-refractivity contribution in [3.63, 3.8) is 0 Å². The first kappa shape index (κ1) is 18.5. The maximum Gasteiger partial charge on any atom is 0.338 e. The van der Waals surface area contributed by atoms with E-state index < -0.39 is 0 Å². The number of aryl methyl sites for hydroxylation is 1. The van der Waals surface area contributed by atoms with E-state index in [1.54, 1.807) is 26.0 Å². The lowest BCUT2D eigenvalue weighted by Crippen LogP contribution is -2.04. The van der Waals surface area contributed by atoms with E-state index in [-0.39, 0.29) is 11.8 Å². The van der Waals surface area contributed by atoms with Gasteiger partial charge in [-0.2, -0.15) is 0 Å². The van der Waals surface area contributed by atoms with Gasteiger partial charge in [-0.1, -0.05) is 30.3 Å². The number of ketones is 1. The zero-order valence-corrected chi connectivity index (χ0v) is 15.0. The van der Waals surface area contributed by atoms with E-state index >= 15 is 0 Å². The molecule has 0 saturated heterocycles. The monoisotopic (exact) mass is 338 g/mol. The molecule has 0 atom stereocenters. The summed E-state index contributed by atoms with van der Waals surface area (Å²) in [6.45, 7) is 5.67. The van der Waals surface area contributed by atoms with Crippen molar-refractivity contribution in [2.75, 3.05) is 7.11 Å². The molecule has 0 radical (unpaired) electrons. The lowest BCUT2D eigenvalue weighted by atomic mass is 10.0. The number of carbonyl (C=O) groups is 2. The Balaban J connectivity index is 2.07. The number of benzene rings is 2. The first-order valence-corrected chi connectivity index (χ1v) is 8.04. The summed E-state index contributed by atoms with van der Waals surface area (Å²) in [5.74, 6) is 0.432. The van der Waals surface area contributed by atoms with Gasteiger partial charge in [0.1, 0.15) is 12.4 Å². The smallest absolute Gasteiger partial charge is 0.338 e. The quantitative estimate of drug-likeness (QED) is 0.446. The molecule has 25 heavy (non-hydrogen) atoms. The number of hydrogen-bond acceptors (Lipinski definition) is 4. The van der Waals surface area contributed by atoms with Gasteiger partial charge < -0.3 is 9.47 Å². The highest BCUT2D eigenvalue weighted by atomic mass is 16.5. The number of carbonyl (C=O) groups excluding carboxylic acids is 2. The van der Waals surface area contributed by atoms with Gasteiger partial charge in [0, 0.05) is 5.56 Å². The van der Waals surface area contributed by atoms with E-state index in [2.05, 4.69) is 0 Å². The number of ether oxygens (including phenoxy) is 2. The van der Waals surface area contributed by atoms with E-state index in [0.717, 1.165) is 22.4 Å². The Morgan fingerprint density at radius 1 is 1.04 bits per heavy atom. The van der Waals surface area contributed by atoms with Crippen LogP contribution in [0.25, 0.3) is 5.57 Å². The third-order valence-electron chi connectivity index (χ3n) is 3.93. The molecule has 4 heteroatoms. The lowest BCUT2D eigenvalue weighted by Gasteiger charge is -2.11. The Hall–Kier alpha value is -2.88. The van der Waals surface area contributed by atoms with Crippen LogP contribution >= 0.6 is 0 Å². The van der Waals surface area contributed by atoms with Gasteiger partial charge in [-0.15, -0.1) is 0 Å². The van der Waals surface area contributed by atoms with Crippen LogP contribution in [-0.4, -0.2) is 18.9 Å². The van der Waals surface area contributed by atoms with Crippen LogP contribution < -0.4 is 4.74 Å². The number of Topliss-reactive ketones (excluding diaryl/α,β-unsaturated/α-hetero) is 1. The average molecular weight is 338 g/mol. The molecule has 0 aromatic heterocycles. The van der Waals surface area contributed by atoms with Crippen molar-refractivity contribution in [1.29, 1.82) is 0 Å². The molecule has 4 nitrogen and oxygen atoms in total. The SMILES string of the molecule is CC=C(C(=O)OC)c1ccc(COc2ccc(C(C)=O)cc2C)cc1. The molecule has 0 heterocycles. The van der Waals surface area contributed by atoms with Crippen LogP contribution in [-0.2, 0) is 16.1 Å². The predicted octanol–water partition coefficient (Wildman–Crippen LogP) is 4.35. The van der Waals surface area contributed by atoms with Gasteiger partial charge in [0.05, 0.1) is 12.7 Å². The van der Waals surface area contributed by atoms with Crippen molar-refractivity contribution in [1.82, 2.24) is 0 Å². The summed E-state index contributed by atoms with van der Waals surface area (Å²) in [5.41, 5.74) is 3.92. The Kier molecular flexibility index (Phi) is 6.12. The molecule has 0 N–H and O–H groups in total. The van der Waals surface area contributed by atoms with Crippen molar-refractivity contribution in [2.24, 2.45) is 0 Å². The molecule has 0 saturated carbocycles. The minimum atomic E-state index is -0.354. The Morgan fingerprint density at radius 2 is 1.68 bits per heavy atom. The zero-order chi connectivity index (χ0) is 18.4. The second-order valence-corrected chi connectivity index (χ2v) is 5.72. The minimum absolute atomic E-state index is 0.0376. The molecule has 2 rings (SSSR count). The summed E-state index contributed by atoms with van der Waals surface area (Å²) < 4.78 is 10.6. The Morgan fingerprint density at radius 3 is 2.20 bits per heavy atom. The normalized spacial score (nSPS) is 11.1. The number of hydrogen-bond donors (Lipinski definition) is 0. The van der Waals surface area contributed by atoms with Gasteiger partial charge in [0.2, 0.25) is 0 Å². The molecule has 2 aromatic carbocycles. The van der Waals surface area contributed by atoms with E-state index in [0.29, 0.717) is 17.7 Å². The van der Waals surface area contributed by atoms with E-state index in [1.165, 1.54) is 7.11 Å². The van der Waals surface area contributed by atoms with Crippen LogP contribution in [0.2, 0.25) is 0 Å². The van der Waals surface area contributed by atoms with Crippen molar-refractivity contribution < 1.29 is 19.1 Å². The summed E-state index contributed by atoms with van der Waals surface area (Å²) in [7, 11) is 1.37. The molecule has 0 unspecified atom stereocenters. The number of allylic oxidation sites excluding steroid dienone is 1. The molecule has 0 fully saturated rings. The fourth-order valence-electron chi connectivity index (χ4n) is 2.48. The van der Waals surface area contributed by atoms with Crippen LogP contribution in [0.5, 0.6) is 5.75 Å². The molecular weight excluding hydrogens is 316 g/mol. The van der Waals surface area contributed by atoms with Crippen LogP contribution in [0.15, 0.2) is 48.5 Å². The van der Waals surface area contributed by atoms with Crippen LogP contribution in [0.4, 0.5) is 0 Å². The maximum absolute atomic E-state index is 11.7. The van der Waals surface area contributed by atoms with Gasteiger partial charge in [0.15, 0.2) is 5.78 Å². The highest BCUT2D eigenvalue weighted by Gasteiger charge is 2.11. The van der Waals surface area contributed by atoms with Gasteiger partial charge in [0.25, 0.3) is 0 Å². The molecule has 0 amide bonds. The highest BCUT2D eigenvalue weighted by molar-refractivity contribution is 6.16. The first-order valence-electron chi connectivity index (χ1n) is 8.04. The standard InChI is InChI=1S/C21H22O4/c1-5-19(21(23)24-4)17-8-6-16(7-9-17)13-25-20-11-10-18(15(3)22)12-14(20)2/h5-12H,13H2,1-4H3. The van der Waals surface area contributed by atoms with E-state index in [1.807, 2.05) is 43.3 Å². The summed E-state index contributed by atoms with van der Waals surface area (Å²) in [6.07, 6.45) is 1.73. The fraction of sp³-hybridized carbons (Fsp3) is 0.238. The summed E-state index contributed by atoms with van der Waals surface area (Å²) >= 11 is 0. The van der Waals surface area contributed by atoms with E-state index in [9.17, 15) is 9.59 Å². The van der Waals surface area contributed by atoms with Gasteiger partial charge in [-0.05, 0) is 55.7 Å². The van der Waals surface area contributed by atoms with E-state index in [4.69, 9.17) is 9.47 Å². The highest BCUT2D eigenvalue weighted by Crippen LogP contribution is 2.22. The molecule has 0 aliphatic carbocycles. The average Bonchev–Trinajstić information content (AvgIpc) is 2.62. The number of esters is 1. The van der Waals surface area contributed by atoms with Gasteiger partial charge in [-0.25, -0.2) is 4.79 Å². The van der Waals surface area contributed by atoms with Gasteiger partial charge >= 0.3 is 5.97 Å². The van der Waals surface area contributed by atoms with Crippen molar-refractivity contribution >= 4 is 17.3 Å². The fourth-order valence-corrected chi connectivity index (χ4v) is 2.48. The van der Waals surface area contributed by atoms with Crippen LogP contribution in [0.1, 0.15) is 40.9 Å². The second-order valence-electron chi connectivity index (χ2n) is 5.72. The Bertz CT molecular complexity index is 801. The molecule has 0 bridgehead atoms. The molecule has 130 valence electrons. The molecule has 0 aliphatic heterocycles. The molecule has 0 spiro atoms. The van der Waals surface area contributed by atoms with Gasteiger partial charge in [-0.3, -0.25) is 4.79 Å². The summed E-state index contributed by atoms with van der Waals surface area (Å²) in [6, 6.07) is 13.0. The largest absolute Gasteiger partial charge is 0.489 e. The minimum Gasteiger partial charge on any atom is -0.489 e. The maximum atomic E-state index is 11.7. The summed E-state index contributed by atoms with van der Waals surface area (Å²) in [5, 5.41) is 0. The molecule has 2 aromatic rings. The Labute approximate surface area is 148 Å². The summed E-state index contributed by atoms with van der Waals surface area (Å²) in [4.78, 5) is 23.1. The predicted molar refractivity (Wildman–Crippen MR) is 97.6 cm³/mol. The zero-order valence-electron chi connectivity index (χ0n) is 15.0. The van der Waals surface area contributed by atoms with Crippen LogP contribution in [0, 0.1) is 6.92 Å².